The molecular formula is C29H25NO3S. The number of hydrogen-bond donors (Lipinski definition) is 0. The van der Waals surface area contributed by atoms with Gasteiger partial charge < -0.3 is 4.74 Å². The van der Waals surface area contributed by atoms with Gasteiger partial charge in [0.2, 0.25) is 5.78 Å². The molecular weight excluding hydrogens is 442 g/mol. The van der Waals surface area contributed by atoms with Crippen molar-refractivity contribution in [2.45, 2.75) is 33.1 Å². The largest absolute Gasteiger partial charge is 0.454 e. The molecule has 2 heterocycles. The van der Waals surface area contributed by atoms with Gasteiger partial charge in [0, 0.05) is 15.8 Å². The molecule has 1 aliphatic rings. The van der Waals surface area contributed by atoms with E-state index in [4.69, 9.17) is 9.72 Å². The fourth-order valence-electron chi connectivity index (χ4n) is 4.57. The smallest absolute Gasteiger partial charge is 0.339 e. The summed E-state index contributed by atoms with van der Waals surface area (Å²) in [5.74, 6) is -0.661. The molecule has 0 amide bonds. The fraction of sp³-hybridized carbons (Fsp3) is 0.207. The molecule has 0 unspecified atom stereocenters. The van der Waals surface area contributed by atoms with Gasteiger partial charge >= 0.3 is 5.97 Å². The molecule has 0 spiro atoms. The Bertz CT molecular complexity index is 1430. The number of aryl methyl sites for hydroxylation is 2. The van der Waals surface area contributed by atoms with Gasteiger partial charge in [-0.1, -0.05) is 42.0 Å². The van der Waals surface area contributed by atoms with Crippen LogP contribution in [-0.4, -0.2) is 23.3 Å². The third kappa shape index (κ3) is 4.31. The summed E-state index contributed by atoms with van der Waals surface area (Å²) in [5, 5.41) is 2.82. The van der Waals surface area contributed by atoms with Crippen molar-refractivity contribution in [3.05, 3.63) is 98.4 Å². The highest BCUT2D eigenvalue weighted by Crippen LogP contribution is 2.36. The first-order valence-corrected chi connectivity index (χ1v) is 12.3. The van der Waals surface area contributed by atoms with Crippen molar-refractivity contribution in [2.24, 2.45) is 0 Å². The van der Waals surface area contributed by atoms with E-state index in [0.717, 1.165) is 58.1 Å². The molecule has 2 aromatic carbocycles. The van der Waals surface area contributed by atoms with Gasteiger partial charge in [-0.2, -0.15) is 0 Å². The number of aromatic nitrogens is 1. The molecule has 2 aromatic heterocycles. The van der Waals surface area contributed by atoms with Crippen molar-refractivity contribution in [3.8, 4) is 0 Å². The van der Waals surface area contributed by atoms with Crippen LogP contribution in [0.25, 0.3) is 22.6 Å². The monoisotopic (exact) mass is 467 g/mol. The summed E-state index contributed by atoms with van der Waals surface area (Å²) in [4.78, 5) is 32.4. The summed E-state index contributed by atoms with van der Waals surface area (Å²) < 4.78 is 5.62. The van der Waals surface area contributed by atoms with Crippen LogP contribution < -0.4 is 0 Å². The van der Waals surface area contributed by atoms with E-state index in [1.54, 1.807) is 11.3 Å². The summed E-state index contributed by atoms with van der Waals surface area (Å²) in [6, 6.07) is 17.5. The number of hydrogen-bond acceptors (Lipinski definition) is 5. The summed E-state index contributed by atoms with van der Waals surface area (Å²) in [6.07, 6.45) is 4.77. The maximum atomic E-state index is 13.4. The second-order valence-corrected chi connectivity index (χ2v) is 9.67. The number of ketones is 1. The number of para-hydroxylation sites is 1. The zero-order valence-electron chi connectivity index (χ0n) is 19.3. The first kappa shape index (κ1) is 22.2. The summed E-state index contributed by atoms with van der Waals surface area (Å²) in [6.45, 7) is 3.55. The number of esters is 1. The number of carbonyl (C=O) groups excluding carboxylic acids is 2. The van der Waals surface area contributed by atoms with Crippen molar-refractivity contribution in [2.75, 3.05) is 6.61 Å². The maximum Gasteiger partial charge on any atom is 0.339 e. The predicted octanol–water partition coefficient (Wildman–Crippen LogP) is 6.83. The number of fused-ring (bicyclic) bond motifs is 2. The molecule has 0 atom stereocenters. The molecule has 0 saturated heterocycles. The van der Waals surface area contributed by atoms with Crippen LogP contribution in [0.3, 0.4) is 0 Å². The van der Waals surface area contributed by atoms with Crippen molar-refractivity contribution in [1.82, 2.24) is 4.98 Å². The predicted molar refractivity (Wildman–Crippen MR) is 137 cm³/mol. The number of rotatable bonds is 5. The number of ether oxygens (including phenoxy) is 1. The van der Waals surface area contributed by atoms with E-state index >= 15 is 0 Å². The number of nitrogens with zero attached hydrogens (tertiary/aromatic N) is 1. The minimum atomic E-state index is -0.467. The number of allylic oxidation sites excluding steroid dienone is 1. The number of benzene rings is 2. The third-order valence-corrected chi connectivity index (χ3v) is 7.08. The fourth-order valence-corrected chi connectivity index (χ4v) is 5.25. The van der Waals surface area contributed by atoms with E-state index in [9.17, 15) is 9.59 Å². The Morgan fingerprint density at radius 2 is 1.91 bits per heavy atom. The molecule has 0 saturated carbocycles. The molecule has 0 radical (unpaired) electrons. The van der Waals surface area contributed by atoms with E-state index in [-0.39, 0.29) is 12.4 Å². The van der Waals surface area contributed by atoms with E-state index in [2.05, 4.69) is 17.5 Å². The van der Waals surface area contributed by atoms with Crippen molar-refractivity contribution < 1.29 is 14.3 Å². The highest BCUT2D eigenvalue weighted by atomic mass is 32.1. The summed E-state index contributed by atoms with van der Waals surface area (Å²) >= 11 is 1.68. The Morgan fingerprint density at radius 3 is 2.74 bits per heavy atom. The zero-order chi connectivity index (χ0) is 23.7. The minimum absolute atomic E-state index is 0.194. The molecule has 0 N–H and O–H groups in total. The lowest BCUT2D eigenvalue weighted by Crippen LogP contribution is -2.19. The first-order valence-electron chi connectivity index (χ1n) is 11.4. The Hall–Kier alpha value is -3.57. The van der Waals surface area contributed by atoms with Crippen molar-refractivity contribution in [3.63, 3.8) is 0 Å². The normalized spacial score (nSPS) is 14.2. The topological polar surface area (TPSA) is 56.3 Å². The number of carbonyl (C=O) groups is 2. The summed E-state index contributed by atoms with van der Waals surface area (Å²) in [5.41, 5.74) is 6.68. The van der Waals surface area contributed by atoms with E-state index in [1.165, 1.54) is 4.88 Å². The SMILES string of the molecule is Cc1ccc(C)c(C(=O)COC(=O)c2c3c(nc4ccccc24)C(=Cc2cccs2)CCC3)c1. The first-order chi connectivity index (χ1) is 16.5. The molecule has 0 bridgehead atoms. The van der Waals surface area contributed by atoms with E-state index < -0.39 is 5.97 Å². The van der Waals surface area contributed by atoms with Gasteiger partial charge in [-0.15, -0.1) is 11.3 Å². The van der Waals surface area contributed by atoms with Gasteiger partial charge in [-0.05, 0) is 79.5 Å². The van der Waals surface area contributed by atoms with Gasteiger partial charge in [-0.25, -0.2) is 9.78 Å². The lowest BCUT2D eigenvalue weighted by molar-refractivity contribution is 0.0475. The van der Waals surface area contributed by atoms with Crippen LogP contribution in [0.5, 0.6) is 0 Å². The Labute approximate surface area is 202 Å². The maximum absolute atomic E-state index is 13.4. The highest BCUT2D eigenvalue weighted by molar-refractivity contribution is 7.10. The van der Waals surface area contributed by atoms with Crippen molar-refractivity contribution in [1.29, 1.82) is 0 Å². The average molecular weight is 468 g/mol. The minimum Gasteiger partial charge on any atom is -0.454 e. The van der Waals surface area contributed by atoms with Gasteiger partial charge in [-0.3, -0.25) is 4.79 Å². The Balaban J connectivity index is 1.52. The van der Waals surface area contributed by atoms with Crippen LogP contribution in [-0.2, 0) is 11.2 Å². The number of Topliss-reactive ketones (excluding diaryl/α,β-unsaturated/α-hetero) is 1. The van der Waals surface area contributed by atoms with Crippen LogP contribution in [0.2, 0.25) is 0 Å². The zero-order valence-corrected chi connectivity index (χ0v) is 20.1. The molecule has 5 heteroatoms. The lowest BCUT2D eigenvalue weighted by atomic mass is 9.86. The Morgan fingerprint density at radius 1 is 1.06 bits per heavy atom. The molecule has 5 rings (SSSR count). The number of pyridine rings is 1. The molecule has 170 valence electrons. The van der Waals surface area contributed by atoms with Crippen LogP contribution >= 0.6 is 11.3 Å². The number of thiophene rings is 1. The van der Waals surface area contributed by atoms with Crippen molar-refractivity contribution >= 4 is 45.6 Å². The van der Waals surface area contributed by atoms with Gasteiger partial charge in [0.25, 0.3) is 0 Å². The average Bonchev–Trinajstić information content (AvgIpc) is 3.36. The lowest BCUT2D eigenvalue weighted by Gasteiger charge is -2.22. The Kier molecular flexibility index (Phi) is 6.12. The van der Waals surface area contributed by atoms with Crippen LogP contribution in [0.1, 0.15) is 60.8 Å². The van der Waals surface area contributed by atoms with Gasteiger partial charge in [0.1, 0.15) is 0 Å². The molecule has 34 heavy (non-hydrogen) atoms. The quantitative estimate of drug-likeness (QED) is 0.238. The van der Waals surface area contributed by atoms with Gasteiger partial charge in [0.05, 0.1) is 16.8 Å². The second-order valence-electron chi connectivity index (χ2n) is 8.69. The standard InChI is InChI=1S/C29H25NO3S/c1-18-12-13-19(2)24(15-18)26(31)17-33-29(32)27-22-9-3-4-11-25(22)30-28-20(7-5-10-23(27)28)16-21-8-6-14-34-21/h3-4,6,8-9,11-16H,5,7,10,17H2,1-2H3. The molecule has 0 aliphatic heterocycles. The van der Waals surface area contributed by atoms with E-state index in [0.29, 0.717) is 11.1 Å². The highest BCUT2D eigenvalue weighted by Gasteiger charge is 2.26. The van der Waals surface area contributed by atoms with Gasteiger partial charge in [0.15, 0.2) is 6.61 Å². The molecule has 4 aromatic rings. The van der Waals surface area contributed by atoms with Crippen LogP contribution in [0, 0.1) is 13.8 Å². The molecule has 1 aliphatic carbocycles. The molecule has 0 fully saturated rings. The van der Waals surface area contributed by atoms with Crippen LogP contribution in [0.4, 0.5) is 0 Å². The summed E-state index contributed by atoms with van der Waals surface area (Å²) in [7, 11) is 0. The van der Waals surface area contributed by atoms with E-state index in [1.807, 2.05) is 62.4 Å². The second kappa shape index (κ2) is 9.35. The molecule has 4 nitrogen and oxygen atoms in total. The third-order valence-electron chi connectivity index (χ3n) is 6.26. The van der Waals surface area contributed by atoms with Crippen LogP contribution in [0.15, 0.2) is 60.0 Å².